The molecule has 1 aliphatic rings. The van der Waals surface area contributed by atoms with Crippen LogP contribution in [0, 0.1) is 11.3 Å². The Labute approximate surface area is 196 Å². The molecule has 188 valence electrons. The van der Waals surface area contributed by atoms with Crippen LogP contribution in [0.2, 0.25) is 0 Å². The van der Waals surface area contributed by atoms with E-state index in [0.29, 0.717) is 0 Å². The van der Waals surface area contributed by atoms with Crippen LogP contribution in [-0.4, -0.2) is 80.6 Å². The molecule has 0 radical (unpaired) electrons. The highest BCUT2D eigenvalue weighted by Crippen LogP contribution is 2.28. The summed E-state index contributed by atoms with van der Waals surface area (Å²) in [6.07, 6.45) is -3.98. The van der Waals surface area contributed by atoms with Crippen molar-refractivity contribution in [3.05, 3.63) is 11.8 Å². The molecule has 34 heavy (non-hydrogen) atoms. The van der Waals surface area contributed by atoms with Gasteiger partial charge < -0.3 is 33.7 Å². The molecule has 0 fully saturated rings. The molecule has 13 nitrogen and oxygen atoms in total. The number of ether oxygens (including phenoxy) is 6. The van der Waals surface area contributed by atoms with E-state index in [4.69, 9.17) is 33.7 Å². The van der Waals surface area contributed by atoms with Crippen LogP contribution < -0.4 is 5.32 Å². The summed E-state index contributed by atoms with van der Waals surface area (Å²) in [5.41, 5.74) is 0. The molecule has 0 saturated carbocycles. The van der Waals surface area contributed by atoms with E-state index in [1.165, 1.54) is 13.0 Å². The summed E-state index contributed by atoms with van der Waals surface area (Å²) in [6.45, 7) is 3.93. The number of nitriles is 1. The Morgan fingerprint density at radius 3 is 2.24 bits per heavy atom. The van der Waals surface area contributed by atoms with E-state index in [-0.39, 0.29) is 18.8 Å². The summed E-state index contributed by atoms with van der Waals surface area (Å²) in [6, 6.07) is 0.825. The maximum atomic E-state index is 12.3. The van der Waals surface area contributed by atoms with Gasteiger partial charge in [0.15, 0.2) is 18.3 Å². The molecule has 1 amide bonds. The zero-order chi connectivity index (χ0) is 25.8. The van der Waals surface area contributed by atoms with Crippen molar-refractivity contribution < 1.29 is 52.4 Å². The molecule has 0 bridgehead atoms. The van der Waals surface area contributed by atoms with Crippen LogP contribution in [0.1, 0.15) is 34.1 Å². The minimum absolute atomic E-state index is 0.00606. The Hall–Kier alpha value is -3.66. The Morgan fingerprint density at radius 2 is 1.74 bits per heavy atom. The number of methoxy groups -OCH3 is 1. The minimum Gasteiger partial charge on any atom is -0.477 e. The zero-order valence-electron chi connectivity index (χ0n) is 19.5. The van der Waals surface area contributed by atoms with Gasteiger partial charge in [0.1, 0.15) is 12.7 Å². The summed E-state index contributed by atoms with van der Waals surface area (Å²) in [5.74, 6) is -4.05. The second-order valence-electron chi connectivity index (χ2n) is 7.10. The molecule has 4 unspecified atom stereocenters. The van der Waals surface area contributed by atoms with E-state index < -0.39 is 66.8 Å². The van der Waals surface area contributed by atoms with Gasteiger partial charge in [0.05, 0.1) is 32.2 Å². The van der Waals surface area contributed by atoms with Crippen LogP contribution in [0.5, 0.6) is 0 Å². The quantitative estimate of drug-likeness (QED) is 0.230. The van der Waals surface area contributed by atoms with Gasteiger partial charge in [0.2, 0.25) is 11.7 Å². The van der Waals surface area contributed by atoms with Gasteiger partial charge in [-0.15, -0.1) is 0 Å². The Bertz CT molecular complexity index is 848. The summed E-state index contributed by atoms with van der Waals surface area (Å²) < 4.78 is 31.6. The maximum absolute atomic E-state index is 12.3. The van der Waals surface area contributed by atoms with Gasteiger partial charge in [-0.2, -0.15) is 5.26 Å². The Kier molecular flexibility index (Phi) is 11.5. The first kappa shape index (κ1) is 28.4. The number of hydrogen-bond acceptors (Lipinski definition) is 12. The number of carbonyl (C=O) groups excluding carboxylic acids is 5. The lowest BCUT2D eigenvalue weighted by Crippen LogP contribution is -2.61. The predicted molar refractivity (Wildman–Crippen MR) is 110 cm³/mol. The van der Waals surface area contributed by atoms with Crippen molar-refractivity contribution in [3.8, 4) is 6.07 Å². The van der Waals surface area contributed by atoms with Crippen molar-refractivity contribution in [2.24, 2.45) is 0 Å². The van der Waals surface area contributed by atoms with Crippen LogP contribution in [0.3, 0.4) is 0 Å². The number of carbonyl (C=O) groups is 5. The van der Waals surface area contributed by atoms with E-state index in [2.05, 4.69) is 5.32 Å². The van der Waals surface area contributed by atoms with Gasteiger partial charge in [-0.25, -0.2) is 4.79 Å². The fourth-order valence-corrected chi connectivity index (χ4v) is 3.13. The van der Waals surface area contributed by atoms with E-state index in [0.717, 1.165) is 27.9 Å². The molecule has 0 aromatic rings. The minimum atomic E-state index is -1.46. The average Bonchev–Trinajstić information content (AvgIpc) is 2.74. The second-order valence-corrected chi connectivity index (χ2v) is 7.10. The van der Waals surface area contributed by atoms with Gasteiger partial charge in [-0.05, 0) is 6.08 Å². The molecule has 5 atom stereocenters. The van der Waals surface area contributed by atoms with E-state index >= 15 is 0 Å². The monoisotopic (exact) mass is 484 g/mol. The lowest BCUT2D eigenvalue weighted by molar-refractivity contribution is -0.191. The molecule has 0 aromatic heterocycles. The molecule has 0 aromatic carbocycles. The Morgan fingerprint density at radius 1 is 1.09 bits per heavy atom. The first-order valence-electron chi connectivity index (χ1n) is 10.2. The molecule has 0 aliphatic carbocycles. The number of amides is 1. The van der Waals surface area contributed by atoms with Crippen molar-refractivity contribution in [3.63, 3.8) is 0 Å². The summed E-state index contributed by atoms with van der Waals surface area (Å²) in [4.78, 5) is 59.2. The smallest absolute Gasteiger partial charge is 0.373 e. The second kappa shape index (κ2) is 13.8. The molecule has 1 aliphatic heterocycles. The molecule has 1 rings (SSSR count). The summed E-state index contributed by atoms with van der Waals surface area (Å²) >= 11 is 0. The third-order valence-electron chi connectivity index (χ3n) is 4.33. The molecular weight excluding hydrogens is 456 g/mol. The largest absolute Gasteiger partial charge is 0.477 e. The van der Waals surface area contributed by atoms with E-state index in [1.807, 2.05) is 6.07 Å². The highest BCUT2D eigenvalue weighted by molar-refractivity contribution is 5.86. The zero-order valence-corrected chi connectivity index (χ0v) is 19.5. The first-order chi connectivity index (χ1) is 16.0. The number of rotatable bonds is 11. The topological polar surface area (TPSA) is 177 Å². The van der Waals surface area contributed by atoms with Gasteiger partial charge in [-0.1, -0.05) is 0 Å². The molecule has 0 saturated heterocycles. The first-order valence-corrected chi connectivity index (χ1v) is 10.2. The van der Waals surface area contributed by atoms with Gasteiger partial charge in [0, 0.05) is 27.7 Å². The standard InChI is InChI=1S/C21H28N2O11/c1-11(24)23-18-15(30-8-6-7-22)9-16(21(28)29-5)34-20(18)19(33-14(4)27)17(32-13(3)26)10-31-12(2)25/h9,15,17-20H,6,8,10H2,1-5H3,(H,23,24)/t15?,17?,18?,19?,20-/m1/s1. The number of nitrogens with one attached hydrogen (secondary N) is 1. The lowest BCUT2D eigenvalue weighted by Gasteiger charge is -2.41. The molecule has 0 spiro atoms. The van der Waals surface area contributed by atoms with Crippen LogP contribution in [0.15, 0.2) is 11.8 Å². The predicted octanol–water partition coefficient (Wildman–Crippen LogP) is -0.328. The maximum Gasteiger partial charge on any atom is 0.373 e. The fraction of sp³-hybridized carbons (Fsp3) is 0.619. The van der Waals surface area contributed by atoms with E-state index in [9.17, 15) is 24.0 Å². The SMILES string of the molecule is COC(=O)C1=CC(OCCC#N)C(NC(C)=O)[C@H](C(OC(C)=O)C(COC(C)=O)OC(C)=O)O1. The number of esters is 4. The highest BCUT2D eigenvalue weighted by atomic mass is 16.6. The summed E-state index contributed by atoms with van der Waals surface area (Å²) in [7, 11) is 1.11. The van der Waals surface area contributed by atoms with Crippen LogP contribution >= 0.6 is 0 Å². The van der Waals surface area contributed by atoms with Crippen molar-refractivity contribution in [1.29, 1.82) is 5.26 Å². The van der Waals surface area contributed by atoms with Crippen LogP contribution in [0.25, 0.3) is 0 Å². The summed E-state index contributed by atoms with van der Waals surface area (Å²) in [5, 5.41) is 11.4. The van der Waals surface area contributed by atoms with Crippen molar-refractivity contribution in [2.45, 2.75) is 64.6 Å². The number of nitrogens with zero attached hydrogens (tertiary/aromatic N) is 1. The van der Waals surface area contributed by atoms with Crippen LogP contribution in [0.4, 0.5) is 0 Å². The molecule has 1 heterocycles. The van der Waals surface area contributed by atoms with Gasteiger partial charge in [-0.3, -0.25) is 19.2 Å². The third kappa shape index (κ3) is 9.07. The van der Waals surface area contributed by atoms with Crippen LogP contribution in [-0.2, 0) is 52.4 Å². The molecule has 13 heteroatoms. The van der Waals surface area contributed by atoms with Crippen molar-refractivity contribution >= 4 is 29.8 Å². The Balaban J connectivity index is 3.54. The fourth-order valence-electron chi connectivity index (χ4n) is 3.13. The molecule has 1 N–H and O–H groups in total. The van der Waals surface area contributed by atoms with Gasteiger partial charge in [0.25, 0.3) is 0 Å². The third-order valence-corrected chi connectivity index (χ3v) is 4.33. The average molecular weight is 484 g/mol. The van der Waals surface area contributed by atoms with E-state index in [1.54, 1.807) is 0 Å². The highest BCUT2D eigenvalue weighted by Gasteiger charge is 2.48. The van der Waals surface area contributed by atoms with Crippen molar-refractivity contribution in [1.82, 2.24) is 5.32 Å². The lowest BCUT2D eigenvalue weighted by atomic mass is 9.93. The normalized spacial score (nSPS) is 20.8. The molecular formula is C21H28N2O11. The van der Waals surface area contributed by atoms with Gasteiger partial charge >= 0.3 is 23.9 Å². The number of hydrogen-bond donors (Lipinski definition) is 1. The van der Waals surface area contributed by atoms with Crippen molar-refractivity contribution in [2.75, 3.05) is 20.3 Å².